The minimum absolute atomic E-state index is 0.162. The van der Waals surface area contributed by atoms with E-state index in [1.54, 1.807) is 17.6 Å². The summed E-state index contributed by atoms with van der Waals surface area (Å²) < 4.78 is 0. The highest BCUT2D eigenvalue weighted by Gasteiger charge is 2.13. The van der Waals surface area contributed by atoms with Gasteiger partial charge in [-0.2, -0.15) is 0 Å². The Bertz CT molecular complexity index is 787. The zero-order chi connectivity index (χ0) is 15.4. The second-order valence-electron chi connectivity index (χ2n) is 4.55. The van der Waals surface area contributed by atoms with E-state index in [0.29, 0.717) is 16.9 Å². The SMILES string of the molecule is O=C(Nc1cnccc1CO)c1csc(-c2ccccc2)n1. The van der Waals surface area contributed by atoms with Gasteiger partial charge in [-0.05, 0) is 6.07 Å². The van der Waals surface area contributed by atoms with Crippen LogP contribution in [0, 0.1) is 0 Å². The number of thiazole rings is 1. The van der Waals surface area contributed by atoms with Crippen LogP contribution < -0.4 is 5.32 Å². The van der Waals surface area contributed by atoms with Gasteiger partial charge in [-0.3, -0.25) is 9.78 Å². The molecule has 110 valence electrons. The van der Waals surface area contributed by atoms with Gasteiger partial charge in [0.1, 0.15) is 10.7 Å². The van der Waals surface area contributed by atoms with E-state index < -0.39 is 0 Å². The summed E-state index contributed by atoms with van der Waals surface area (Å²) in [7, 11) is 0. The molecule has 0 radical (unpaired) electrons. The fourth-order valence-corrected chi connectivity index (χ4v) is 2.76. The van der Waals surface area contributed by atoms with Gasteiger partial charge < -0.3 is 10.4 Å². The van der Waals surface area contributed by atoms with Crippen LogP contribution in [0.5, 0.6) is 0 Å². The molecule has 2 heterocycles. The lowest BCUT2D eigenvalue weighted by atomic mass is 10.2. The number of aliphatic hydroxyl groups is 1. The van der Waals surface area contributed by atoms with Gasteiger partial charge in [0.25, 0.3) is 5.91 Å². The van der Waals surface area contributed by atoms with E-state index in [0.717, 1.165) is 10.6 Å². The Labute approximate surface area is 131 Å². The first kappa shape index (κ1) is 14.4. The largest absolute Gasteiger partial charge is 0.392 e. The third kappa shape index (κ3) is 3.03. The van der Waals surface area contributed by atoms with Gasteiger partial charge in [0.15, 0.2) is 0 Å². The Balaban J connectivity index is 1.80. The Morgan fingerprint density at radius 2 is 2.05 bits per heavy atom. The Morgan fingerprint density at radius 3 is 2.82 bits per heavy atom. The van der Waals surface area contributed by atoms with Crippen LogP contribution >= 0.6 is 11.3 Å². The van der Waals surface area contributed by atoms with Gasteiger partial charge in [0.2, 0.25) is 0 Å². The Hall–Kier alpha value is -2.57. The summed E-state index contributed by atoms with van der Waals surface area (Å²) in [5.74, 6) is -0.318. The smallest absolute Gasteiger partial charge is 0.275 e. The number of hydrogen-bond donors (Lipinski definition) is 2. The molecule has 0 saturated carbocycles. The van der Waals surface area contributed by atoms with Gasteiger partial charge >= 0.3 is 0 Å². The first-order chi connectivity index (χ1) is 10.8. The van der Waals surface area contributed by atoms with Crippen molar-refractivity contribution in [2.75, 3.05) is 5.32 Å². The number of pyridine rings is 1. The standard InChI is InChI=1S/C16H13N3O2S/c20-9-12-6-7-17-8-13(12)18-15(21)14-10-22-16(19-14)11-4-2-1-3-5-11/h1-8,10,20H,9H2,(H,18,21). The lowest BCUT2D eigenvalue weighted by molar-refractivity contribution is 0.102. The van der Waals surface area contributed by atoms with Crippen LogP contribution in [0.4, 0.5) is 5.69 Å². The van der Waals surface area contributed by atoms with Crippen molar-refractivity contribution >= 4 is 22.9 Å². The van der Waals surface area contributed by atoms with Crippen LogP contribution in [0.15, 0.2) is 54.2 Å². The van der Waals surface area contributed by atoms with Gasteiger partial charge in [0, 0.05) is 22.7 Å². The molecule has 0 aliphatic carbocycles. The predicted molar refractivity (Wildman–Crippen MR) is 85.7 cm³/mol. The van der Waals surface area contributed by atoms with Gasteiger partial charge in [0.05, 0.1) is 18.5 Å². The number of carbonyl (C=O) groups is 1. The summed E-state index contributed by atoms with van der Waals surface area (Å²) >= 11 is 1.41. The minimum atomic E-state index is -0.318. The summed E-state index contributed by atoms with van der Waals surface area (Å²) in [6.07, 6.45) is 3.07. The molecule has 0 bridgehead atoms. The molecule has 0 aliphatic heterocycles. The van der Waals surface area contributed by atoms with E-state index in [2.05, 4.69) is 15.3 Å². The van der Waals surface area contributed by atoms with Crippen LogP contribution in [0.25, 0.3) is 10.6 Å². The highest BCUT2D eigenvalue weighted by atomic mass is 32.1. The molecule has 2 aromatic heterocycles. The van der Waals surface area contributed by atoms with Crippen LogP contribution in [0.2, 0.25) is 0 Å². The molecule has 1 amide bonds. The maximum Gasteiger partial charge on any atom is 0.275 e. The zero-order valence-electron chi connectivity index (χ0n) is 11.6. The number of benzene rings is 1. The molecule has 0 aliphatic rings. The van der Waals surface area contributed by atoms with Crippen LogP contribution in [0.3, 0.4) is 0 Å². The van der Waals surface area contributed by atoms with Crippen LogP contribution in [-0.2, 0) is 6.61 Å². The van der Waals surface area contributed by atoms with Crippen molar-refractivity contribution in [2.24, 2.45) is 0 Å². The van der Waals surface area contributed by atoms with Crippen molar-refractivity contribution in [1.29, 1.82) is 0 Å². The minimum Gasteiger partial charge on any atom is -0.392 e. The number of nitrogens with one attached hydrogen (secondary N) is 1. The normalized spacial score (nSPS) is 10.4. The van der Waals surface area contributed by atoms with Crippen molar-refractivity contribution < 1.29 is 9.90 Å². The molecule has 0 atom stereocenters. The summed E-state index contributed by atoms with van der Waals surface area (Å²) in [4.78, 5) is 20.6. The van der Waals surface area contributed by atoms with E-state index >= 15 is 0 Å². The number of amides is 1. The topological polar surface area (TPSA) is 75.1 Å². The zero-order valence-corrected chi connectivity index (χ0v) is 12.4. The van der Waals surface area contributed by atoms with Crippen molar-refractivity contribution in [3.63, 3.8) is 0 Å². The van der Waals surface area contributed by atoms with Crippen molar-refractivity contribution in [1.82, 2.24) is 9.97 Å². The molecule has 5 nitrogen and oxygen atoms in total. The molecule has 0 saturated heterocycles. The molecular formula is C16H13N3O2S. The predicted octanol–water partition coefficient (Wildman–Crippen LogP) is 2.95. The lowest BCUT2D eigenvalue weighted by Crippen LogP contribution is -2.14. The monoisotopic (exact) mass is 311 g/mol. The summed E-state index contributed by atoms with van der Waals surface area (Å²) in [5.41, 5.74) is 2.42. The highest BCUT2D eigenvalue weighted by molar-refractivity contribution is 7.13. The number of rotatable bonds is 4. The summed E-state index contributed by atoms with van der Waals surface area (Å²) in [6, 6.07) is 11.4. The average Bonchev–Trinajstić information content (AvgIpc) is 3.06. The number of nitrogens with zero attached hydrogens (tertiary/aromatic N) is 2. The summed E-state index contributed by atoms with van der Waals surface area (Å²) in [6.45, 7) is -0.162. The molecule has 0 spiro atoms. The van der Waals surface area contributed by atoms with E-state index in [1.807, 2.05) is 30.3 Å². The fraction of sp³-hybridized carbons (Fsp3) is 0.0625. The second-order valence-corrected chi connectivity index (χ2v) is 5.41. The summed E-state index contributed by atoms with van der Waals surface area (Å²) in [5, 5.41) is 14.5. The third-order valence-electron chi connectivity index (χ3n) is 3.09. The second kappa shape index (κ2) is 6.46. The third-order valence-corrected chi connectivity index (χ3v) is 3.98. The Kier molecular flexibility index (Phi) is 4.22. The average molecular weight is 311 g/mol. The van der Waals surface area contributed by atoms with Gasteiger partial charge in [-0.25, -0.2) is 4.98 Å². The number of aliphatic hydroxyl groups excluding tert-OH is 1. The molecular weight excluding hydrogens is 298 g/mol. The number of aromatic nitrogens is 2. The molecule has 1 aromatic carbocycles. The Morgan fingerprint density at radius 1 is 1.23 bits per heavy atom. The van der Waals surface area contributed by atoms with Gasteiger partial charge in [-0.1, -0.05) is 30.3 Å². The molecule has 3 rings (SSSR count). The van der Waals surface area contributed by atoms with E-state index in [4.69, 9.17) is 0 Å². The van der Waals surface area contributed by atoms with E-state index in [-0.39, 0.29) is 12.5 Å². The maximum absolute atomic E-state index is 12.3. The number of hydrogen-bond acceptors (Lipinski definition) is 5. The first-order valence-corrected chi connectivity index (χ1v) is 7.52. The maximum atomic E-state index is 12.3. The van der Waals surface area contributed by atoms with Crippen LogP contribution in [-0.4, -0.2) is 21.0 Å². The molecule has 6 heteroatoms. The molecule has 3 aromatic rings. The highest BCUT2D eigenvalue weighted by Crippen LogP contribution is 2.24. The first-order valence-electron chi connectivity index (χ1n) is 6.64. The molecule has 0 unspecified atom stereocenters. The molecule has 2 N–H and O–H groups in total. The van der Waals surface area contributed by atoms with Crippen LogP contribution in [0.1, 0.15) is 16.1 Å². The number of anilines is 1. The van der Waals surface area contributed by atoms with Crippen molar-refractivity contribution in [2.45, 2.75) is 6.61 Å². The van der Waals surface area contributed by atoms with E-state index in [9.17, 15) is 9.90 Å². The van der Waals surface area contributed by atoms with Crippen molar-refractivity contribution in [3.8, 4) is 10.6 Å². The molecule has 0 fully saturated rings. The lowest BCUT2D eigenvalue weighted by Gasteiger charge is -2.07. The van der Waals surface area contributed by atoms with Gasteiger partial charge in [-0.15, -0.1) is 11.3 Å². The quantitative estimate of drug-likeness (QED) is 0.777. The van der Waals surface area contributed by atoms with E-state index in [1.165, 1.54) is 17.5 Å². The van der Waals surface area contributed by atoms with Crippen molar-refractivity contribution in [3.05, 3.63) is 65.4 Å². The molecule has 22 heavy (non-hydrogen) atoms. The number of carbonyl (C=O) groups excluding carboxylic acids is 1. The fourth-order valence-electron chi connectivity index (χ4n) is 1.95.